The zero-order valence-electron chi connectivity index (χ0n) is 30.6. The summed E-state index contributed by atoms with van der Waals surface area (Å²) in [5.41, 5.74) is 0. The Hall–Kier alpha value is -1.65. The highest BCUT2D eigenvalue weighted by Gasteiger charge is 2.17. The third kappa shape index (κ3) is 33.7. The van der Waals surface area contributed by atoms with Gasteiger partial charge in [0.15, 0.2) is 0 Å². The number of rotatable bonds is 35. The molecule has 0 aliphatic rings. The number of hydrogen-bond acceptors (Lipinski definition) is 3. The highest BCUT2D eigenvalue weighted by molar-refractivity contribution is 5.76. The van der Waals surface area contributed by atoms with Crippen molar-refractivity contribution in [3.8, 4) is 0 Å². The molecule has 0 aromatic rings. The molecule has 0 saturated heterocycles. The van der Waals surface area contributed by atoms with Crippen LogP contribution in [0.3, 0.4) is 0 Å². The van der Waals surface area contributed by atoms with Gasteiger partial charge in [0, 0.05) is 6.42 Å². The number of unbranched alkanes of at least 4 members (excludes halogenated alkanes) is 22. The highest BCUT2D eigenvalue weighted by atomic mass is 16.3. The first kappa shape index (κ1) is 44.4. The molecule has 0 heterocycles. The molecule has 0 radical (unpaired) electrons. The number of carbonyl (C=O) groups excluding carboxylic acids is 1. The van der Waals surface area contributed by atoms with Crippen molar-refractivity contribution < 1.29 is 15.0 Å². The number of aliphatic hydroxyl groups excluding tert-OH is 2. The molecule has 0 aliphatic carbocycles. The predicted octanol–water partition coefficient (Wildman–Crippen LogP) is 12.0. The van der Waals surface area contributed by atoms with Crippen molar-refractivity contribution in [2.45, 2.75) is 206 Å². The van der Waals surface area contributed by atoms with E-state index in [2.05, 4.69) is 55.6 Å². The minimum absolute atomic E-state index is 0.0890. The van der Waals surface area contributed by atoms with Crippen molar-refractivity contribution in [1.29, 1.82) is 0 Å². The fraction of sp³-hybridized carbons (Fsp3) is 0.786. The van der Waals surface area contributed by atoms with Gasteiger partial charge in [-0.2, -0.15) is 0 Å². The van der Waals surface area contributed by atoms with Crippen LogP contribution >= 0.6 is 0 Å². The molecule has 0 aliphatic heterocycles. The number of carbonyl (C=O) groups is 1. The van der Waals surface area contributed by atoms with Crippen LogP contribution in [0, 0.1) is 0 Å². The van der Waals surface area contributed by atoms with E-state index in [0.29, 0.717) is 6.42 Å². The van der Waals surface area contributed by atoms with E-state index in [1.54, 1.807) is 6.08 Å². The molecule has 46 heavy (non-hydrogen) atoms. The van der Waals surface area contributed by atoms with E-state index in [0.717, 1.165) is 51.4 Å². The van der Waals surface area contributed by atoms with Gasteiger partial charge in [0.2, 0.25) is 5.91 Å². The largest absolute Gasteiger partial charge is 0.394 e. The molecular weight excluding hydrogens is 566 g/mol. The van der Waals surface area contributed by atoms with Gasteiger partial charge in [0.05, 0.1) is 18.8 Å². The molecule has 3 N–H and O–H groups in total. The maximum absolute atomic E-state index is 12.3. The SMILES string of the molecule is CCCCCCC/C=C\CCCCCCCC(=O)NC(CO)C(O)/C=C/CC/C=C/CC/C=C/CCCCCCCCCCCC. The lowest BCUT2D eigenvalue weighted by Gasteiger charge is -2.19. The van der Waals surface area contributed by atoms with Gasteiger partial charge in [0.25, 0.3) is 0 Å². The minimum Gasteiger partial charge on any atom is -0.394 e. The topological polar surface area (TPSA) is 69.6 Å². The summed E-state index contributed by atoms with van der Waals surface area (Å²) in [5, 5.41) is 22.9. The summed E-state index contributed by atoms with van der Waals surface area (Å²) in [6, 6.07) is -0.648. The molecule has 4 heteroatoms. The summed E-state index contributed by atoms with van der Waals surface area (Å²) in [7, 11) is 0. The molecule has 0 fully saturated rings. The first-order valence-corrected chi connectivity index (χ1v) is 19.9. The normalized spacial score (nSPS) is 13.6. The number of amides is 1. The molecule has 0 aromatic carbocycles. The van der Waals surface area contributed by atoms with E-state index < -0.39 is 12.1 Å². The van der Waals surface area contributed by atoms with E-state index in [4.69, 9.17) is 0 Å². The Labute approximate surface area is 286 Å². The third-order valence-electron chi connectivity index (χ3n) is 8.76. The Kier molecular flexibility index (Phi) is 36.4. The molecule has 0 spiro atoms. The fourth-order valence-corrected chi connectivity index (χ4v) is 5.67. The molecule has 0 aromatic heterocycles. The van der Waals surface area contributed by atoms with Crippen molar-refractivity contribution in [2.75, 3.05) is 6.61 Å². The average molecular weight is 644 g/mol. The summed E-state index contributed by atoms with van der Waals surface area (Å²) >= 11 is 0. The molecule has 4 nitrogen and oxygen atoms in total. The second kappa shape index (κ2) is 37.8. The van der Waals surface area contributed by atoms with Gasteiger partial charge >= 0.3 is 0 Å². The van der Waals surface area contributed by atoms with Gasteiger partial charge in [-0.15, -0.1) is 0 Å². The number of nitrogens with one attached hydrogen (secondary N) is 1. The Morgan fingerprint density at radius 2 is 0.848 bits per heavy atom. The summed E-state index contributed by atoms with van der Waals surface area (Å²) in [5.74, 6) is -0.0890. The Morgan fingerprint density at radius 1 is 0.500 bits per heavy atom. The van der Waals surface area contributed by atoms with E-state index in [1.807, 2.05) is 6.08 Å². The maximum atomic E-state index is 12.3. The summed E-state index contributed by atoms with van der Waals surface area (Å²) in [6.07, 6.45) is 50.6. The second-order valence-electron chi connectivity index (χ2n) is 13.3. The van der Waals surface area contributed by atoms with Crippen LogP contribution in [0.25, 0.3) is 0 Å². The monoisotopic (exact) mass is 644 g/mol. The van der Waals surface area contributed by atoms with Gasteiger partial charge in [-0.25, -0.2) is 0 Å². The number of allylic oxidation sites excluding steroid dienone is 7. The molecule has 0 saturated carbocycles. The van der Waals surface area contributed by atoms with Crippen molar-refractivity contribution in [2.24, 2.45) is 0 Å². The molecule has 0 rings (SSSR count). The quantitative estimate of drug-likeness (QED) is 0.0475. The lowest BCUT2D eigenvalue weighted by molar-refractivity contribution is -0.123. The van der Waals surface area contributed by atoms with E-state index in [9.17, 15) is 15.0 Å². The average Bonchev–Trinajstić information content (AvgIpc) is 3.06. The highest BCUT2D eigenvalue weighted by Crippen LogP contribution is 2.12. The van der Waals surface area contributed by atoms with Crippen molar-refractivity contribution in [3.05, 3.63) is 48.6 Å². The zero-order valence-corrected chi connectivity index (χ0v) is 30.6. The van der Waals surface area contributed by atoms with Crippen molar-refractivity contribution >= 4 is 5.91 Å². The lowest BCUT2D eigenvalue weighted by Crippen LogP contribution is -2.45. The van der Waals surface area contributed by atoms with Gasteiger partial charge in [-0.1, -0.05) is 165 Å². The molecule has 2 atom stereocenters. The van der Waals surface area contributed by atoms with Crippen molar-refractivity contribution in [1.82, 2.24) is 5.32 Å². The van der Waals surface area contributed by atoms with Gasteiger partial charge in [0.1, 0.15) is 0 Å². The van der Waals surface area contributed by atoms with E-state index >= 15 is 0 Å². The molecule has 268 valence electrons. The standard InChI is InChI=1S/C42H77NO3/c1-3-5-7-9-11-13-15-17-19-20-21-22-23-24-25-27-29-31-33-35-37-41(45)40(39-44)43-42(46)38-36-34-32-30-28-26-18-16-14-12-10-8-6-4-2/h16,18,22-23,27,29,35,37,40-41,44-45H,3-15,17,19-21,24-26,28,30-34,36,38-39H2,1-2H3,(H,43,46)/b18-16-,23-22+,29-27+,37-35+. The van der Waals surface area contributed by atoms with Gasteiger partial charge in [-0.05, 0) is 70.6 Å². The van der Waals surface area contributed by atoms with Crippen molar-refractivity contribution in [3.63, 3.8) is 0 Å². The van der Waals surface area contributed by atoms with Crippen LogP contribution in [0.1, 0.15) is 194 Å². The lowest BCUT2D eigenvalue weighted by atomic mass is 10.1. The maximum Gasteiger partial charge on any atom is 0.220 e. The summed E-state index contributed by atoms with van der Waals surface area (Å²) in [4.78, 5) is 12.3. The van der Waals surface area contributed by atoms with E-state index in [1.165, 1.54) is 122 Å². The number of aliphatic hydroxyl groups is 2. The predicted molar refractivity (Wildman–Crippen MR) is 202 cm³/mol. The Balaban J connectivity index is 3.70. The van der Waals surface area contributed by atoms with Gasteiger partial charge < -0.3 is 15.5 Å². The first-order chi connectivity index (χ1) is 22.7. The van der Waals surface area contributed by atoms with Crippen LogP contribution in [0.15, 0.2) is 48.6 Å². The van der Waals surface area contributed by atoms with Crippen LogP contribution in [-0.2, 0) is 4.79 Å². The molecular formula is C42H77NO3. The van der Waals surface area contributed by atoms with Crippen LogP contribution < -0.4 is 5.32 Å². The molecule has 2 unspecified atom stereocenters. The summed E-state index contributed by atoms with van der Waals surface area (Å²) in [6.45, 7) is 4.27. The van der Waals surface area contributed by atoms with Crippen LogP contribution in [0.2, 0.25) is 0 Å². The van der Waals surface area contributed by atoms with Crippen LogP contribution in [0.5, 0.6) is 0 Å². The molecule has 1 amide bonds. The second-order valence-corrected chi connectivity index (χ2v) is 13.3. The Morgan fingerprint density at radius 3 is 1.26 bits per heavy atom. The summed E-state index contributed by atoms with van der Waals surface area (Å²) < 4.78 is 0. The zero-order chi connectivity index (χ0) is 33.6. The first-order valence-electron chi connectivity index (χ1n) is 19.9. The fourth-order valence-electron chi connectivity index (χ4n) is 5.67. The molecule has 0 bridgehead atoms. The minimum atomic E-state index is -0.872. The number of hydrogen-bond donors (Lipinski definition) is 3. The third-order valence-corrected chi connectivity index (χ3v) is 8.76. The Bertz CT molecular complexity index is 741. The smallest absolute Gasteiger partial charge is 0.220 e. The van der Waals surface area contributed by atoms with E-state index in [-0.39, 0.29) is 12.5 Å². The van der Waals surface area contributed by atoms with Crippen LogP contribution in [0.4, 0.5) is 0 Å². The van der Waals surface area contributed by atoms with Gasteiger partial charge in [-0.3, -0.25) is 4.79 Å². The van der Waals surface area contributed by atoms with Crippen LogP contribution in [-0.4, -0.2) is 34.9 Å².